The largest absolute Gasteiger partial charge is 0.480 e. The molecule has 0 heterocycles. The third kappa shape index (κ3) is 6.78. The van der Waals surface area contributed by atoms with Gasteiger partial charge in [0.1, 0.15) is 11.6 Å². The number of carboxylic acids is 1. The van der Waals surface area contributed by atoms with Crippen LogP contribution in [0.4, 0.5) is 0 Å². The molecular weight excluding hydrogens is 568 g/mol. The number of allylic oxidation sites excluding steroid dienone is 4. The maximum Gasteiger partial charge on any atom is 0.326 e. The van der Waals surface area contributed by atoms with Crippen molar-refractivity contribution < 1.29 is 19.5 Å². The summed E-state index contributed by atoms with van der Waals surface area (Å²) in [7, 11) is 0. The second kappa shape index (κ2) is 13.4. The lowest BCUT2D eigenvalue weighted by molar-refractivity contribution is -0.144. The van der Waals surface area contributed by atoms with E-state index >= 15 is 0 Å². The summed E-state index contributed by atoms with van der Waals surface area (Å²) in [5.74, 6) is -1.55. The van der Waals surface area contributed by atoms with Gasteiger partial charge < -0.3 is 15.7 Å². The van der Waals surface area contributed by atoms with Crippen LogP contribution in [0.2, 0.25) is 0 Å². The van der Waals surface area contributed by atoms with Crippen LogP contribution in [0.25, 0.3) is 16.3 Å². The highest BCUT2D eigenvalue weighted by Gasteiger charge is 2.46. The summed E-state index contributed by atoms with van der Waals surface area (Å²) >= 11 is 4.50. The molecule has 0 aliphatic heterocycles. The van der Waals surface area contributed by atoms with Crippen LogP contribution < -0.4 is 10.6 Å². The van der Waals surface area contributed by atoms with Gasteiger partial charge in [-0.15, -0.1) is 0 Å². The highest BCUT2D eigenvalue weighted by atomic mass is 32.1. The summed E-state index contributed by atoms with van der Waals surface area (Å²) in [6.07, 6.45) is 10.2. The zero-order chi connectivity index (χ0) is 31.3. The molecule has 6 nitrogen and oxygen atoms in total. The van der Waals surface area contributed by atoms with Crippen LogP contribution in [0.3, 0.4) is 0 Å². The zero-order valence-corrected chi connectivity index (χ0v) is 26.4. The lowest BCUT2D eigenvalue weighted by Crippen LogP contribution is -2.61. The SMILES string of the molecule is CC(C)CC(S)C(=O)NC1(C(=O)NC(CC2(c3cccc4ccccc34)C=CC(c3ccccc3)=CC2)C(=O)O)CCCC1. The summed E-state index contributed by atoms with van der Waals surface area (Å²) in [5.41, 5.74) is 1.36. The van der Waals surface area contributed by atoms with Crippen molar-refractivity contribution in [2.24, 2.45) is 5.92 Å². The third-order valence-electron chi connectivity index (χ3n) is 9.12. The molecule has 0 aromatic heterocycles. The van der Waals surface area contributed by atoms with Gasteiger partial charge in [-0.3, -0.25) is 9.59 Å². The van der Waals surface area contributed by atoms with Crippen molar-refractivity contribution in [2.45, 2.75) is 81.0 Å². The van der Waals surface area contributed by atoms with Gasteiger partial charge in [-0.1, -0.05) is 118 Å². The van der Waals surface area contributed by atoms with Crippen LogP contribution in [-0.4, -0.2) is 39.7 Å². The Morgan fingerprint density at radius 1 is 0.932 bits per heavy atom. The Morgan fingerprint density at radius 2 is 1.61 bits per heavy atom. The number of hydrogen-bond acceptors (Lipinski definition) is 4. The van der Waals surface area contributed by atoms with Crippen molar-refractivity contribution in [2.75, 3.05) is 0 Å². The Hall–Kier alpha value is -3.84. The normalized spacial score (nSPS) is 20.6. The first-order valence-electron chi connectivity index (χ1n) is 15.6. The molecule has 3 atom stereocenters. The van der Waals surface area contributed by atoms with E-state index < -0.39 is 34.1 Å². The molecule has 44 heavy (non-hydrogen) atoms. The summed E-state index contributed by atoms with van der Waals surface area (Å²) in [5, 5.41) is 18.0. The molecular formula is C37H42N2O4S. The van der Waals surface area contributed by atoms with E-state index in [4.69, 9.17) is 0 Å². The van der Waals surface area contributed by atoms with E-state index in [1.807, 2.05) is 50.2 Å². The van der Waals surface area contributed by atoms with E-state index in [-0.39, 0.29) is 18.2 Å². The van der Waals surface area contributed by atoms with Crippen molar-refractivity contribution >= 4 is 46.8 Å². The van der Waals surface area contributed by atoms with Gasteiger partial charge in [0.05, 0.1) is 5.25 Å². The number of carboxylic acid groups (broad SMARTS) is 1. The molecule has 0 radical (unpaired) electrons. The molecule has 2 amide bonds. The second-order valence-electron chi connectivity index (χ2n) is 12.7. The molecule has 1 saturated carbocycles. The van der Waals surface area contributed by atoms with Crippen LogP contribution in [0, 0.1) is 5.92 Å². The maximum atomic E-state index is 14.0. The molecule has 0 bridgehead atoms. The summed E-state index contributed by atoms with van der Waals surface area (Å²) < 4.78 is 0. The Morgan fingerprint density at radius 3 is 2.27 bits per heavy atom. The smallest absolute Gasteiger partial charge is 0.326 e. The van der Waals surface area contributed by atoms with E-state index in [2.05, 4.69) is 77.9 Å². The topological polar surface area (TPSA) is 95.5 Å². The van der Waals surface area contributed by atoms with Crippen LogP contribution in [-0.2, 0) is 19.8 Å². The molecule has 1 fully saturated rings. The van der Waals surface area contributed by atoms with Crippen molar-refractivity contribution in [1.29, 1.82) is 0 Å². The summed E-state index contributed by atoms with van der Waals surface area (Å²) in [6.45, 7) is 4.05. The quantitative estimate of drug-likeness (QED) is 0.179. The van der Waals surface area contributed by atoms with E-state index in [1.165, 1.54) is 0 Å². The molecule has 3 aromatic carbocycles. The number of benzene rings is 3. The number of nitrogens with one attached hydrogen (secondary N) is 2. The molecule has 3 unspecified atom stereocenters. The average molecular weight is 611 g/mol. The molecule has 3 N–H and O–H groups in total. The monoisotopic (exact) mass is 610 g/mol. The minimum Gasteiger partial charge on any atom is -0.480 e. The van der Waals surface area contributed by atoms with Crippen molar-refractivity contribution in [3.63, 3.8) is 0 Å². The van der Waals surface area contributed by atoms with Crippen LogP contribution in [0.5, 0.6) is 0 Å². The van der Waals surface area contributed by atoms with Crippen LogP contribution in [0.15, 0.2) is 91.0 Å². The molecule has 3 aromatic rings. The number of aliphatic carboxylic acids is 1. The van der Waals surface area contributed by atoms with Crippen molar-refractivity contribution in [3.8, 4) is 0 Å². The Balaban J connectivity index is 1.46. The van der Waals surface area contributed by atoms with E-state index in [9.17, 15) is 19.5 Å². The van der Waals surface area contributed by atoms with Gasteiger partial charge in [0.2, 0.25) is 11.8 Å². The first kappa shape index (κ1) is 31.6. The fourth-order valence-corrected chi connectivity index (χ4v) is 7.25. The lowest BCUT2D eigenvalue weighted by Gasteiger charge is -2.38. The Kier molecular flexibility index (Phi) is 9.64. The van der Waals surface area contributed by atoms with Crippen molar-refractivity contribution in [3.05, 3.63) is 102 Å². The Bertz CT molecular complexity index is 1570. The average Bonchev–Trinajstić information content (AvgIpc) is 3.50. The molecule has 230 valence electrons. The number of thiol groups is 1. The molecule has 2 aliphatic rings. The number of hydrogen-bond donors (Lipinski definition) is 4. The van der Waals surface area contributed by atoms with Crippen LogP contribution in [0.1, 0.15) is 69.9 Å². The van der Waals surface area contributed by atoms with E-state index in [0.717, 1.165) is 40.3 Å². The molecule has 0 saturated heterocycles. The predicted molar refractivity (Wildman–Crippen MR) is 180 cm³/mol. The first-order valence-corrected chi connectivity index (χ1v) is 16.1. The highest BCUT2D eigenvalue weighted by Crippen LogP contribution is 2.43. The number of fused-ring (bicyclic) bond motifs is 1. The first-order chi connectivity index (χ1) is 21.1. The highest BCUT2D eigenvalue weighted by molar-refractivity contribution is 7.81. The minimum atomic E-state index is -1.17. The molecule has 0 spiro atoms. The minimum absolute atomic E-state index is 0.156. The second-order valence-corrected chi connectivity index (χ2v) is 13.4. The van der Waals surface area contributed by atoms with Gasteiger partial charge in [0.25, 0.3) is 0 Å². The third-order valence-corrected chi connectivity index (χ3v) is 9.57. The van der Waals surface area contributed by atoms with Gasteiger partial charge in [-0.05, 0) is 65.5 Å². The predicted octanol–water partition coefficient (Wildman–Crippen LogP) is 6.85. The van der Waals surface area contributed by atoms with Gasteiger partial charge in [-0.2, -0.15) is 12.6 Å². The van der Waals surface area contributed by atoms with Crippen molar-refractivity contribution in [1.82, 2.24) is 10.6 Å². The number of carbonyl (C=O) groups is 3. The van der Waals surface area contributed by atoms with Gasteiger partial charge in [0, 0.05) is 5.41 Å². The van der Waals surface area contributed by atoms with Gasteiger partial charge in [-0.25, -0.2) is 4.79 Å². The molecule has 2 aliphatic carbocycles. The summed E-state index contributed by atoms with van der Waals surface area (Å²) in [4.78, 5) is 39.9. The fraction of sp³-hybridized carbons (Fsp3) is 0.378. The van der Waals surface area contributed by atoms with Gasteiger partial charge in [0.15, 0.2) is 0 Å². The summed E-state index contributed by atoms with van der Waals surface area (Å²) in [6, 6.07) is 23.2. The number of rotatable bonds is 11. The van der Waals surface area contributed by atoms with Gasteiger partial charge >= 0.3 is 5.97 Å². The standard InChI is InChI=1S/C37H42N2O4S/c1-25(2)23-32(44)33(40)39-37(19-8-9-20-37)35(43)38-31(34(41)42)24-36(30-16-10-14-28-13-6-7-15-29(28)30)21-17-27(18-22-36)26-11-4-3-5-12-26/h3-7,10-18,21,25,31-32,44H,8-9,19-20,22-24H2,1-2H3,(H,38,43)(H,39,40)(H,41,42). The van der Waals surface area contributed by atoms with Crippen LogP contribution >= 0.6 is 12.6 Å². The number of amides is 2. The molecule has 7 heteroatoms. The number of carbonyl (C=O) groups excluding carboxylic acids is 2. The fourth-order valence-electron chi connectivity index (χ4n) is 6.76. The zero-order valence-electron chi connectivity index (χ0n) is 25.5. The van der Waals surface area contributed by atoms with E-state index in [0.29, 0.717) is 25.7 Å². The molecule has 5 rings (SSSR count). The maximum absolute atomic E-state index is 14.0. The lowest BCUT2D eigenvalue weighted by atomic mass is 9.68. The Labute approximate surface area is 265 Å². The van der Waals surface area contributed by atoms with E-state index in [1.54, 1.807) is 0 Å².